The van der Waals surface area contributed by atoms with Crippen LogP contribution in [0, 0.1) is 0 Å². The van der Waals surface area contributed by atoms with Crippen LogP contribution in [0.2, 0.25) is 0 Å². The molecule has 8 heteroatoms. The summed E-state index contributed by atoms with van der Waals surface area (Å²) in [6, 6.07) is 8.64. The third kappa shape index (κ3) is 3.88. The fourth-order valence-corrected chi connectivity index (χ4v) is 3.63. The van der Waals surface area contributed by atoms with E-state index < -0.39 is 0 Å². The lowest BCUT2D eigenvalue weighted by Crippen LogP contribution is -2.39. The number of amides is 2. The second-order valence-corrected chi connectivity index (χ2v) is 7.64. The minimum Gasteiger partial charge on any atom is -0.371 e. The van der Waals surface area contributed by atoms with Crippen LogP contribution < -0.4 is 16.2 Å². The van der Waals surface area contributed by atoms with Crippen molar-refractivity contribution in [1.29, 1.82) is 0 Å². The SMILES string of the molecule is CC(C)n1cc([C@@H]2OCC[C@H]2NC(=O)Nc2ccc3ccc(=O)n(C)c3c2)cn1. The molecule has 0 saturated carbocycles. The molecular weight excluding hydrogens is 370 g/mol. The Bertz CT molecular complexity index is 1100. The summed E-state index contributed by atoms with van der Waals surface area (Å²) in [5.74, 6) is 0. The zero-order valence-corrected chi connectivity index (χ0v) is 16.8. The van der Waals surface area contributed by atoms with Crippen LogP contribution in [0.1, 0.15) is 38.0 Å². The molecule has 152 valence electrons. The molecule has 0 bridgehead atoms. The van der Waals surface area contributed by atoms with Gasteiger partial charge in [-0.15, -0.1) is 0 Å². The van der Waals surface area contributed by atoms with Crippen LogP contribution in [0.25, 0.3) is 10.9 Å². The number of carbonyl (C=O) groups excluding carboxylic acids is 1. The molecule has 29 heavy (non-hydrogen) atoms. The minimum absolute atomic E-state index is 0.0907. The van der Waals surface area contributed by atoms with E-state index in [1.54, 1.807) is 29.9 Å². The Morgan fingerprint density at radius 3 is 2.83 bits per heavy atom. The highest BCUT2D eigenvalue weighted by Gasteiger charge is 2.32. The zero-order chi connectivity index (χ0) is 20.5. The number of urea groups is 1. The molecular formula is C21H25N5O3. The number of fused-ring (bicyclic) bond motifs is 1. The molecule has 1 saturated heterocycles. The summed E-state index contributed by atoms with van der Waals surface area (Å²) >= 11 is 0. The van der Waals surface area contributed by atoms with Gasteiger partial charge < -0.3 is 19.9 Å². The number of aryl methyl sites for hydroxylation is 1. The van der Waals surface area contributed by atoms with Gasteiger partial charge in [0.1, 0.15) is 6.10 Å². The van der Waals surface area contributed by atoms with Gasteiger partial charge in [0.15, 0.2) is 0 Å². The molecule has 1 aliphatic rings. The maximum absolute atomic E-state index is 12.6. The van der Waals surface area contributed by atoms with Crippen molar-refractivity contribution in [1.82, 2.24) is 19.7 Å². The van der Waals surface area contributed by atoms with Crippen molar-refractivity contribution in [3.8, 4) is 0 Å². The molecule has 1 aliphatic heterocycles. The quantitative estimate of drug-likeness (QED) is 0.711. The van der Waals surface area contributed by atoms with Crippen molar-refractivity contribution < 1.29 is 9.53 Å². The third-order valence-corrected chi connectivity index (χ3v) is 5.27. The maximum atomic E-state index is 12.6. The molecule has 3 heterocycles. The number of anilines is 1. The number of hydrogen-bond donors (Lipinski definition) is 2. The maximum Gasteiger partial charge on any atom is 0.319 e. The molecule has 0 unspecified atom stereocenters. The lowest BCUT2D eigenvalue weighted by molar-refractivity contribution is 0.100. The van der Waals surface area contributed by atoms with Crippen LogP contribution in [0.4, 0.5) is 10.5 Å². The van der Waals surface area contributed by atoms with Gasteiger partial charge in [-0.3, -0.25) is 9.48 Å². The Morgan fingerprint density at radius 2 is 2.07 bits per heavy atom. The van der Waals surface area contributed by atoms with E-state index in [-0.39, 0.29) is 29.8 Å². The largest absolute Gasteiger partial charge is 0.371 e. The van der Waals surface area contributed by atoms with Gasteiger partial charge in [-0.1, -0.05) is 6.07 Å². The van der Waals surface area contributed by atoms with Crippen LogP contribution in [0.15, 0.2) is 47.5 Å². The first-order valence-electron chi connectivity index (χ1n) is 9.75. The summed E-state index contributed by atoms with van der Waals surface area (Å²) in [7, 11) is 1.71. The van der Waals surface area contributed by atoms with Crippen molar-refractivity contribution in [2.75, 3.05) is 11.9 Å². The Kier molecular flexibility index (Phi) is 5.10. The number of rotatable bonds is 4. The average Bonchev–Trinajstić information content (AvgIpc) is 3.34. The van der Waals surface area contributed by atoms with Gasteiger partial charge in [0.05, 0.1) is 17.8 Å². The first kappa shape index (κ1) is 19.2. The standard InChI is InChI=1S/C21H25N5O3/c1-13(2)26-12-15(11-22-26)20-17(8-9-29-20)24-21(28)23-16-6-4-14-5-7-19(27)25(3)18(14)10-16/h4-7,10-13,17,20H,8-9H2,1-3H3,(H2,23,24,28)/t17-,20+/m1/s1. The van der Waals surface area contributed by atoms with E-state index in [0.717, 1.165) is 22.9 Å². The Balaban J connectivity index is 1.46. The van der Waals surface area contributed by atoms with E-state index in [1.165, 1.54) is 6.07 Å². The Morgan fingerprint density at radius 1 is 1.28 bits per heavy atom. The molecule has 0 radical (unpaired) electrons. The van der Waals surface area contributed by atoms with Crippen LogP contribution in [0.3, 0.4) is 0 Å². The van der Waals surface area contributed by atoms with E-state index in [2.05, 4.69) is 29.6 Å². The van der Waals surface area contributed by atoms with Crippen LogP contribution in [-0.4, -0.2) is 33.0 Å². The summed E-state index contributed by atoms with van der Waals surface area (Å²) < 4.78 is 9.29. The van der Waals surface area contributed by atoms with E-state index in [1.807, 2.05) is 23.0 Å². The van der Waals surface area contributed by atoms with Gasteiger partial charge in [0.25, 0.3) is 5.56 Å². The average molecular weight is 395 g/mol. The van der Waals surface area contributed by atoms with Crippen molar-refractivity contribution in [3.63, 3.8) is 0 Å². The second-order valence-electron chi connectivity index (χ2n) is 7.64. The third-order valence-electron chi connectivity index (χ3n) is 5.27. The van der Waals surface area contributed by atoms with E-state index >= 15 is 0 Å². The van der Waals surface area contributed by atoms with Gasteiger partial charge in [-0.25, -0.2) is 4.79 Å². The van der Waals surface area contributed by atoms with Crippen molar-refractivity contribution in [2.24, 2.45) is 7.05 Å². The summed E-state index contributed by atoms with van der Waals surface area (Å²) in [6.45, 7) is 4.71. The number of nitrogens with one attached hydrogen (secondary N) is 2. The highest BCUT2D eigenvalue weighted by molar-refractivity contribution is 5.92. The molecule has 2 amide bonds. The molecule has 2 atom stereocenters. The molecule has 2 N–H and O–H groups in total. The number of hydrogen-bond acceptors (Lipinski definition) is 4. The fourth-order valence-electron chi connectivity index (χ4n) is 3.63. The summed E-state index contributed by atoms with van der Waals surface area (Å²) in [5, 5.41) is 11.2. The molecule has 4 rings (SSSR count). The molecule has 3 aromatic rings. The van der Waals surface area contributed by atoms with E-state index in [4.69, 9.17) is 4.74 Å². The number of ether oxygens (including phenoxy) is 1. The van der Waals surface area contributed by atoms with Crippen LogP contribution >= 0.6 is 0 Å². The first-order chi connectivity index (χ1) is 13.9. The molecule has 8 nitrogen and oxygen atoms in total. The lowest BCUT2D eigenvalue weighted by Gasteiger charge is -2.19. The Hall–Kier alpha value is -3.13. The normalized spacial score (nSPS) is 19.0. The molecule has 1 fully saturated rings. The van der Waals surface area contributed by atoms with E-state index in [9.17, 15) is 9.59 Å². The molecule has 1 aromatic carbocycles. The van der Waals surface area contributed by atoms with Gasteiger partial charge in [0, 0.05) is 43.2 Å². The topological polar surface area (TPSA) is 90.2 Å². The highest BCUT2D eigenvalue weighted by atomic mass is 16.5. The zero-order valence-electron chi connectivity index (χ0n) is 16.8. The van der Waals surface area contributed by atoms with Gasteiger partial charge in [0.2, 0.25) is 0 Å². The summed E-state index contributed by atoms with van der Waals surface area (Å²) in [4.78, 5) is 24.4. The number of pyridine rings is 1. The lowest BCUT2D eigenvalue weighted by atomic mass is 10.1. The monoisotopic (exact) mass is 395 g/mol. The number of nitrogens with zero attached hydrogens (tertiary/aromatic N) is 3. The highest BCUT2D eigenvalue weighted by Crippen LogP contribution is 2.29. The molecule has 2 aromatic heterocycles. The molecule has 0 spiro atoms. The number of benzene rings is 1. The predicted molar refractivity (Wildman–Crippen MR) is 111 cm³/mol. The summed E-state index contributed by atoms with van der Waals surface area (Å²) in [5.41, 5.74) is 2.26. The van der Waals surface area contributed by atoms with Crippen molar-refractivity contribution in [2.45, 2.75) is 38.5 Å². The predicted octanol–water partition coefficient (Wildman–Crippen LogP) is 2.97. The van der Waals surface area contributed by atoms with Crippen LogP contribution in [-0.2, 0) is 11.8 Å². The van der Waals surface area contributed by atoms with Crippen molar-refractivity contribution >= 4 is 22.6 Å². The second kappa shape index (κ2) is 7.71. The Labute approximate surface area is 168 Å². The van der Waals surface area contributed by atoms with Gasteiger partial charge >= 0.3 is 6.03 Å². The van der Waals surface area contributed by atoms with E-state index in [0.29, 0.717) is 12.3 Å². The fraction of sp³-hybridized carbons (Fsp3) is 0.381. The van der Waals surface area contributed by atoms with Gasteiger partial charge in [-0.2, -0.15) is 5.10 Å². The minimum atomic E-state index is -0.304. The van der Waals surface area contributed by atoms with Crippen molar-refractivity contribution in [3.05, 3.63) is 58.6 Å². The smallest absolute Gasteiger partial charge is 0.319 e. The summed E-state index contributed by atoms with van der Waals surface area (Å²) in [6.07, 6.45) is 4.28. The number of aromatic nitrogens is 3. The van der Waals surface area contributed by atoms with Crippen LogP contribution in [0.5, 0.6) is 0 Å². The van der Waals surface area contributed by atoms with Gasteiger partial charge in [-0.05, 0) is 43.9 Å². The first-order valence-corrected chi connectivity index (χ1v) is 9.75. The number of carbonyl (C=O) groups is 1. The molecule has 0 aliphatic carbocycles.